The van der Waals surface area contributed by atoms with Crippen LogP contribution in [0.3, 0.4) is 0 Å². The maximum absolute atomic E-state index is 6.02. The zero-order valence-electron chi connectivity index (χ0n) is 12.8. The van der Waals surface area contributed by atoms with E-state index in [1.807, 2.05) is 11.3 Å². The number of hydrogen-bond acceptors (Lipinski definition) is 3. The molecular weight excluding hydrogens is 344 g/mol. The SMILES string of the molecule is CC(N)Cc1ccc(Br)cc1N(Cc1cccs1)C(C)C. The minimum absolute atomic E-state index is 0.167. The normalized spacial score (nSPS) is 12.7. The van der Waals surface area contributed by atoms with Crippen LogP contribution < -0.4 is 10.6 Å². The minimum atomic E-state index is 0.167. The van der Waals surface area contributed by atoms with E-state index in [4.69, 9.17) is 5.73 Å². The molecule has 0 aliphatic heterocycles. The smallest absolute Gasteiger partial charge is 0.0525 e. The molecule has 1 atom stereocenters. The van der Waals surface area contributed by atoms with Gasteiger partial charge in [-0.15, -0.1) is 11.3 Å². The van der Waals surface area contributed by atoms with Crippen molar-refractivity contribution < 1.29 is 0 Å². The Hall–Kier alpha value is -0.840. The summed E-state index contributed by atoms with van der Waals surface area (Å²) < 4.78 is 1.11. The van der Waals surface area contributed by atoms with Crippen LogP contribution in [0.25, 0.3) is 0 Å². The number of hydrogen-bond donors (Lipinski definition) is 1. The van der Waals surface area contributed by atoms with E-state index in [-0.39, 0.29) is 6.04 Å². The molecule has 0 spiro atoms. The summed E-state index contributed by atoms with van der Waals surface area (Å²) in [4.78, 5) is 3.84. The van der Waals surface area contributed by atoms with E-state index in [1.54, 1.807) is 0 Å². The van der Waals surface area contributed by atoms with Gasteiger partial charge < -0.3 is 10.6 Å². The van der Waals surface area contributed by atoms with E-state index in [2.05, 4.69) is 77.3 Å². The quantitative estimate of drug-likeness (QED) is 0.794. The third kappa shape index (κ3) is 4.56. The molecular formula is C17H23BrN2S. The van der Waals surface area contributed by atoms with Crippen molar-refractivity contribution in [2.75, 3.05) is 4.90 Å². The van der Waals surface area contributed by atoms with E-state index in [0.717, 1.165) is 17.4 Å². The van der Waals surface area contributed by atoms with Crippen molar-refractivity contribution in [1.29, 1.82) is 0 Å². The Kier molecular flexibility index (Phi) is 5.85. The lowest BCUT2D eigenvalue weighted by molar-refractivity contribution is 0.673. The summed E-state index contributed by atoms with van der Waals surface area (Å²) in [5.74, 6) is 0. The molecule has 1 unspecified atom stereocenters. The van der Waals surface area contributed by atoms with E-state index in [1.165, 1.54) is 16.1 Å². The van der Waals surface area contributed by atoms with Crippen molar-refractivity contribution in [3.63, 3.8) is 0 Å². The Morgan fingerprint density at radius 1 is 1.24 bits per heavy atom. The molecule has 0 amide bonds. The number of benzene rings is 1. The van der Waals surface area contributed by atoms with Gasteiger partial charge in [-0.1, -0.05) is 28.1 Å². The Morgan fingerprint density at radius 3 is 2.57 bits per heavy atom. The third-order valence-corrected chi connectivity index (χ3v) is 4.78. The fourth-order valence-corrected chi connectivity index (χ4v) is 3.49. The first kappa shape index (κ1) is 16.5. The Labute approximate surface area is 140 Å². The van der Waals surface area contributed by atoms with Crippen molar-refractivity contribution in [2.24, 2.45) is 5.73 Å². The molecule has 1 aromatic carbocycles. The van der Waals surface area contributed by atoms with Gasteiger partial charge in [-0.05, 0) is 56.3 Å². The molecule has 0 aliphatic rings. The second-order valence-electron chi connectivity index (χ2n) is 5.76. The summed E-state index contributed by atoms with van der Waals surface area (Å²) in [5.41, 5.74) is 8.62. The number of anilines is 1. The average molecular weight is 367 g/mol. The molecule has 21 heavy (non-hydrogen) atoms. The molecule has 0 bridgehead atoms. The molecule has 2 rings (SSSR count). The van der Waals surface area contributed by atoms with Crippen LogP contribution in [-0.4, -0.2) is 12.1 Å². The van der Waals surface area contributed by atoms with Crippen molar-refractivity contribution in [2.45, 2.75) is 45.8 Å². The molecule has 0 aliphatic carbocycles. The first-order chi connectivity index (χ1) is 9.97. The second-order valence-corrected chi connectivity index (χ2v) is 7.70. The number of thiophene rings is 1. The lowest BCUT2D eigenvalue weighted by atomic mass is 10.0. The summed E-state index contributed by atoms with van der Waals surface area (Å²) >= 11 is 5.41. The molecule has 2 aromatic rings. The molecule has 0 saturated carbocycles. The van der Waals surface area contributed by atoms with Crippen LogP contribution in [0.5, 0.6) is 0 Å². The summed E-state index contributed by atoms with van der Waals surface area (Å²) in [7, 11) is 0. The van der Waals surface area contributed by atoms with E-state index in [9.17, 15) is 0 Å². The van der Waals surface area contributed by atoms with Crippen LogP contribution in [0.15, 0.2) is 40.2 Å². The summed E-state index contributed by atoms with van der Waals surface area (Å²) in [5, 5.41) is 2.14. The van der Waals surface area contributed by atoms with Crippen molar-refractivity contribution in [3.8, 4) is 0 Å². The second kappa shape index (κ2) is 7.43. The Morgan fingerprint density at radius 2 is 2.00 bits per heavy atom. The predicted octanol–water partition coefficient (Wildman–Crippen LogP) is 4.82. The third-order valence-electron chi connectivity index (χ3n) is 3.43. The summed E-state index contributed by atoms with van der Waals surface area (Å²) in [6, 6.07) is 11.4. The average Bonchev–Trinajstić information content (AvgIpc) is 2.90. The fourth-order valence-electron chi connectivity index (χ4n) is 2.44. The molecule has 4 heteroatoms. The highest BCUT2D eigenvalue weighted by Gasteiger charge is 2.16. The van der Waals surface area contributed by atoms with Gasteiger partial charge in [0.05, 0.1) is 6.54 Å². The Balaban J connectivity index is 2.36. The van der Waals surface area contributed by atoms with Crippen molar-refractivity contribution >= 4 is 33.0 Å². The highest BCUT2D eigenvalue weighted by atomic mass is 79.9. The lowest BCUT2D eigenvalue weighted by Gasteiger charge is -2.31. The standard InChI is InChI=1S/C17H23BrN2S/c1-12(2)20(11-16-5-4-8-21-16)17-10-15(18)7-6-14(17)9-13(3)19/h4-8,10,12-13H,9,11,19H2,1-3H3. The van der Waals surface area contributed by atoms with Crippen LogP contribution in [0.4, 0.5) is 5.69 Å². The zero-order valence-corrected chi connectivity index (χ0v) is 15.2. The monoisotopic (exact) mass is 366 g/mol. The fraction of sp³-hybridized carbons (Fsp3) is 0.412. The molecule has 0 saturated heterocycles. The van der Waals surface area contributed by atoms with Crippen LogP contribution in [0.1, 0.15) is 31.2 Å². The van der Waals surface area contributed by atoms with E-state index >= 15 is 0 Å². The van der Waals surface area contributed by atoms with Gasteiger partial charge >= 0.3 is 0 Å². The number of nitrogens with zero attached hydrogens (tertiary/aromatic N) is 1. The summed E-state index contributed by atoms with van der Waals surface area (Å²) in [6.45, 7) is 7.48. The van der Waals surface area contributed by atoms with Gasteiger partial charge in [0.2, 0.25) is 0 Å². The highest BCUT2D eigenvalue weighted by Crippen LogP contribution is 2.30. The minimum Gasteiger partial charge on any atom is -0.364 e. The van der Waals surface area contributed by atoms with Crippen LogP contribution >= 0.6 is 27.3 Å². The molecule has 1 aromatic heterocycles. The number of rotatable bonds is 6. The largest absolute Gasteiger partial charge is 0.364 e. The van der Waals surface area contributed by atoms with E-state index < -0.39 is 0 Å². The van der Waals surface area contributed by atoms with Gasteiger partial charge in [-0.2, -0.15) is 0 Å². The molecule has 0 fully saturated rings. The van der Waals surface area contributed by atoms with Gasteiger partial charge in [0.25, 0.3) is 0 Å². The molecule has 0 radical (unpaired) electrons. The van der Waals surface area contributed by atoms with Crippen molar-refractivity contribution in [3.05, 3.63) is 50.6 Å². The number of halogens is 1. The predicted molar refractivity (Wildman–Crippen MR) is 97.1 cm³/mol. The topological polar surface area (TPSA) is 29.3 Å². The Bertz CT molecular complexity index is 564. The van der Waals surface area contributed by atoms with Gasteiger partial charge in [0, 0.05) is 27.1 Å². The van der Waals surface area contributed by atoms with Crippen LogP contribution in [0, 0.1) is 0 Å². The molecule has 2 nitrogen and oxygen atoms in total. The van der Waals surface area contributed by atoms with Gasteiger partial charge in [0.15, 0.2) is 0 Å². The summed E-state index contributed by atoms with van der Waals surface area (Å²) in [6.07, 6.45) is 0.899. The van der Waals surface area contributed by atoms with Crippen LogP contribution in [0.2, 0.25) is 0 Å². The molecule has 1 heterocycles. The zero-order chi connectivity index (χ0) is 15.4. The lowest BCUT2D eigenvalue weighted by Crippen LogP contribution is -2.31. The first-order valence-electron chi connectivity index (χ1n) is 7.30. The van der Waals surface area contributed by atoms with Crippen molar-refractivity contribution in [1.82, 2.24) is 0 Å². The van der Waals surface area contributed by atoms with Gasteiger partial charge in [-0.25, -0.2) is 0 Å². The highest BCUT2D eigenvalue weighted by molar-refractivity contribution is 9.10. The van der Waals surface area contributed by atoms with Crippen LogP contribution in [-0.2, 0) is 13.0 Å². The van der Waals surface area contributed by atoms with Gasteiger partial charge in [-0.3, -0.25) is 0 Å². The maximum atomic E-state index is 6.02. The van der Waals surface area contributed by atoms with Gasteiger partial charge in [0.1, 0.15) is 0 Å². The number of nitrogens with two attached hydrogens (primary N) is 1. The first-order valence-corrected chi connectivity index (χ1v) is 8.97. The molecule has 114 valence electrons. The van der Waals surface area contributed by atoms with E-state index in [0.29, 0.717) is 6.04 Å². The molecule has 2 N–H and O–H groups in total. The maximum Gasteiger partial charge on any atom is 0.0525 e.